The van der Waals surface area contributed by atoms with Gasteiger partial charge in [0.15, 0.2) is 0 Å². The fourth-order valence-corrected chi connectivity index (χ4v) is 5.90. The molecule has 2 fully saturated rings. The van der Waals surface area contributed by atoms with Crippen LogP contribution in [0.1, 0.15) is 37.3 Å². The fourth-order valence-electron chi connectivity index (χ4n) is 5.43. The number of hydrogen-bond donors (Lipinski definition) is 2. The Labute approximate surface area is 241 Å². The number of hydrogen-bond acceptors (Lipinski definition) is 5. The smallest absolute Gasteiger partial charge is 0.353 e. The zero-order valence-electron chi connectivity index (χ0n) is 22.3. The van der Waals surface area contributed by atoms with Gasteiger partial charge in [-0.25, -0.2) is 14.2 Å². The number of carbonyl (C=O) groups is 1. The van der Waals surface area contributed by atoms with Gasteiger partial charge in [0, 0.05) is 61.6 Å². The van der Waals surface area contributed by atoms with Crippen LogP contribution in [0.4, 0.5) is 28.2 Å². The number of anilines is 1. The largest absolute Gasteiger partial charge is 0.405 e. The Kier molecular flexibility index (Phi) is 10.4. The van der Waals surface area contributed by atoms with Gasteiger partial charge in [-0.3, -0.25) is 9.80 Å². The molecule has 0 spiro atoms. The lowest BCUT2D eigenvalue weighted by atomic mass is 9.97. The first kappa shape index (κ1) is 30.6. The highest BCUT2D eigenvalue weighted by Crippen LogP contribution is 2.30. The maximum absolute atomic E-state index is 14.2. The number of urea groups is 1. The Hall–Kier alpha value is -2.34. The predicted octanol–water partition coefficient (Wildman–Crippen LogP) is 5.45. The molecule has 3 heterocycles. The van der Waals surface area contributed by atoms with Gasteiger partial charge in [-0.2, -0.15) is 13.2 Å². The maximum Gasteiger partial charge on any atom is 0.405 e. The number of rotatable bonds is 8. The van der Waals surface area contributed by atoms with Gasteiger partial charge in [0.1, 0.15) is 18.2 Å². The van der Waals surface area contributed by atoms with Crippen LogP contribution in [0.2, 0.25) is 10.0 Å². The number of pyridine rings is 1. The molecule has 2 N–H and O–H groups in total. The third-order valence-electron chi connectivity index (χ3n) is 7.52. The van der Waals surface area contributed by atoms with Crippen LogP contribution in [0, 0.1) is 5.82 Å². The summed E-state index contributed by atoms with van der Waals surface area (Å²) in [6.07, 6.45) is 0.114. The first-order valence-electron chi connectivity index (χ1n) is 13.4. The number of amides is 2. The van der Waals surface area contributed by atoms with Crippen molar-refractivity contribution in [2.24, 2.45) is 0 Å². The minimum atomic E-state index is -4.47. The Morgan fingerprint density at radius 3 is 2.50 bits per heavy atom. The molecule has 13 heteroatoms. The summed E-state index contributed by atoms with van der Waals surface area (Å²) in [5.74, 6) is 0.393. The second-order valence-electron chi connectivity index (χ2n) is 10.3. The third-order valence-corrected chi connectivity index (χ3v) is 8.03. The van der Waals surface area contributed by atoms with Gasteiger partial charge in [-0.05, 0) is 56.1 Å². The lowest BCUT2D eigenvalue weighted by Gasteiger charge is -2.47. The van der Waals surface area contributed by atoms with E-state index in [1.54, 1.807) is 29.7 Å². The molecule has 2 aromatic rings. The highest BCUT2D eigenvalue weighted by molar-refractivity contribution is 6.33. The average Bonchev–Trinajstić information content (AvgIpc) is 2.92. The van der Waals surface area contributed by atoms with E-state index in [0.29, 0.717) is 45.6 Å². The summed E-state index contributed by atoms with van der Waals surface area (Å²) in [6, 6.07) is 6.40. The van der Waals surface area contributed by atoms with Gasteiger partial charge in [-0.15, -0.1) is 0 Å². The van der Waals surface area contributed by atoms with E-state index in [1.165, 1.54) is 6.07 Å². The van der Waals surface area contributed by atoms with E-state index in [0.717, 1.165) is 52.0 Å². The second-order valence-corrected chi connectivity index (χ2v) is 11.1. The zero-order valence-corrected chi connectivity index (χ0v) is 23.8. The van der Waals surface area contributed by atoms with Gasteiger partial charge in [0.05, 0.1) is 5.02 Å². The van der Waals surface area contributed by atoms with Gasteiger partial charge >= 0.3 is 12.2 Å². The molecule has 0 aliphatic carbocycles. The molecule has 0 saturated carbocycles. The molecule has 40 heavy (non-hydrogen) atoms. The summed E-state index contributed by atoms with van der Waals surface area (Å²) in [5.41, 5.74) is 1.26. The zero-order chi connectivity index (χ0) is 28.9. The molecular formula is C27H34Cl2F4N6O. The molecule has 2 amide bonds. The minimum absolute atomic E-state index is 0.00537. The molecular weight excluding hydrogens is 571 g/mol. The number of aromatic nitrogens is 1. The second kappa shape index (κ2) is 13.5. The molecule has 1 unspecified atom stereocenters. The van der Waals surface area contributed by atoms with Crippen molar-refractivity contribution in [3.8, 4) is 0 Å². The number of alkyl halides is 3. The van der Waals surface area contributed by atoms with Gasteiger partial charge in [0.2, 0.25) is 0 Å². The topological polar surface area (TPSA) is 63.7 Å². The third kappa shape index (κ3) is 8.34. The van der Waals surface area contributed by atoms with E-state index in [4.69, 9.17) is 23.2 Å². The van der Waals surface area contributed by atoms with Crippen molar-refractivity contribution in [3.05, 3.63) is 57.5 Å². The molecule has 2 aliphatic rings. The van der Waals surface area contributed by atoms with Crippen LogP contribution < -0.4 is 15.5 Å². The monoisotopic (exact) mass is 604 g/mol. The summed E-state index contributed by atoms with van der Waals surface area (Å²) >= 11 is 12.4. The summed E-state index contributed by atoms with van der Waals surface area (Å²) in [7, 11) is 0. The number of piperidine rings is 1. The van der Waals surface area contributed by atoms with Crippen molar-refractivity contribution < 1.29 is 22.4 Å². The Bertz CT molecular complexity index is 1160. The number of carbonyl (C=O) groups excluding carboxylic acids is 1. The SMILES string of the molecule is CCC1CN(c2ncc(CNC(=O)NCC(F)(F)F)cc2Cl)CCN1C1CCN(Cc2ccc(Cl)cc2F)CC1. The van der Waals surface area contributed by atoms with Crippen LogP contribution in [0.25, 0.3) is 0 Å². The van der Waals surface area contributed by atoms with Crippen molar-refractivity contribution in [2.75, 3.05) is 44.2 Å². The van der Waals surface area contributed by atoms with Gasteiger partial charge in [0.25, 0.3) is 0 Å². The number of likely N-dealkylation sites (tertiary alicyclic amines) is 1. The van der Waals surface area contributed by atoms with Gasteiger partial charge in [-0.1, -0.05) is 36.2 Å². The van der Waals surface area contributed by atoms with Gasteiger partial charge < -0.3 is 15.5 Å². The Morgan fingerprint density at radius 2 is 1.85 bits per heavy atom. The molecule has 2 aliphatic heterocycles. The Balaban J connectivity index is 1.27. The van der Waals surface area contributed by atoms with Crippen LogP contribution in [0.3, 0.4) is 0 Å². The first-order chi connectivity index (χ1) is 19.0. The van der Waals surface area contributed by atoms with E-state index in [2.05, 4.69) is 31.9 Å². The van der Waals surface area contributed by atoms with Crippen molar-refractivity contribution >= 4 is 35.1 Å². The summed E-state index contributed by atoms with van der Waals surface area (Å²) in [5, 5.41) is 4.98. The lowest BCUT2D eigenvalue weighted by Crippen LogP contribution is -2.58. The van der Waals surface area contributed by atoms with E-state index >= 15 is 0 Å². The molecule has 1 atom stereocenters. The van der Waals surface area contributed by atoms with Crippen molar-refractivity contribution in [1.29, 1.82) is 0 Å². The van der Waals surface area contributed by atoms with Crippen molar-refractivity contribution in [1.82, 2.24) is 25.4 Å². The normalized spacial score (nSPS) is 19.6. The molecule has 1 aromatic heterocycles. The minimum Gasteiger partial charge on any atom is -0.353 e. The number of nitrogens with one attached hydrogen (secondary N) is 2. The van der Waals surface area contributed by atoms with Crippen LogP contribution in [-0.2, 0) is 13.1 Å². The first-order valence-corrected chi connectivity index (χ1v) is 14.2. The van der Waals surface area contributed by atoms with E-state index in [-0.39, 0.29) is 12.4 Å². The quantitative estimate of drug-likeness (QED) is 0.392. The van der Waals surface area contributed by atoms with E-state index < -0.39 is 18.8 Å². The molecule has 0 radical (unpaired) electrons. The molecule has 0 bridgehead atoms. The molecule has 7 nitrogen and oxygen atoms in total. The fraction of sp³-hybridized carbons (Fsp3) is 0.556. The van der Waals surface area contributed by atoms with Crippen LogP contribution in [-0.4, -0.2) is 78.3 Å². The summed E-state index contributed by atoms with van der Waals surface area (Å²) in [4.78, 5) is 23.2. The average molecular weight is 606 g/mol. The highest BCUT2D eigenvalue weighted by Gasteiger charge is 2.34. The summed E-state index contributed by atoms with van der Waals surface area (Å²) in [6.45, 7) is 5.57. The molecule has 2 saturated heterocycles. The predicted molar refractivity (Wildman–Crippen MR) is 148 cm³/mol. The Morgan fingerprint density at radius 1 is 1.10 bits per heavy atom. The van der Waals surface area contributed by atoms with Crippen LogP contribution in [0.15, 0.2) is 30.5 Å². The number of halogens is 6. The van der Waals surface area contributed by atoms with Crippen LogP contribution in [0.5, 0.6) is 0 Å². The highest BCUT2D eigenvalue weighted by atomic mass is 35.5. The lowest BCUT2D eigenvalue weighted by molar-refractivity contribution is -0.122. The summed E-state index contributed by atoms with van der Waals surface area (Å²) < 4.78 is 51.0. The van der Waals surface area contributed by atoms with Crippen molar-refractivity contribution in [2.45, 2.75) is 57.5 Å². The maximum atomic E-state index is 14.2. The number of piperazine rings is 1. The number of benzene rings is 1. The molecule has 4 rings (SSSR count). The van der Waals surface area contributed by atoms with E-state index in [1.807, 2.05) is 0 Å². The molecule has 1 aromatic carbocycles. The van der Waals surface area contributed by atoms with E-state index in [9.17, 15) is 22.4 Å². The molecule has 220 valence electrons. The number of nitrogens with zero attached hydrogens (tertiary/aromatic N) is 4. The van der Waals surface area contributed by atoms with Crippen molar-refractivity contribution in [3.63, 3.8) is 0 Å². The standard InChI is InChI=1S/C27H34Cl2F4N6O/c1-2-21-16-38(25-23(29)11-18(13-34-25)14-35-26(40)36-17-27(31,32)33)9-10-39(21)22-5-7-37(8-6-22)15-19-3-4-20(28)12-24(19)30/h3-4,11-13,21-22H,2,5-10,14-17H2,1H3,(H2,35,36,40). The van der Waals surface area contributed by atoms with Crippen LogP contribution >= 0.6 is 23.2 Å².